The molecule has 0 bridgehead atoms. The average molecular weight is 1090 g/mol. The SMILES string of the molecule is O=P(OCc1ccccc1)(OCc1ccccc1)O[C@@H]1OC([C@H](OCc2ccccc2)[C@H](O)P(=O)(OCc2ccccc2)OCc2ccccc2)[C@@H](OCc2ccccc2)C(OCc2ccccc2)C1OCc1ccccc1. The van der Waals surface area contributed by atoms with Crippen LogP contribution in [0.5, 0.6) is 0 Å². The van der Waals surface area contributed by atoms with Gasteiger partial charge in [0.15, 0.2) is 12.1 Å². The second kappa shape index (κ2) is 29.1. The molecule has 3 unspecified atom stereocenters. The molecule has 0 spiro atoms. The van der Waals surface area contributed by atoms with Gasteiger partial charge in [0.1, 0.15) is 30.5 Å². The van der Waals surface area contributed by atoms with Crippen molar-refractivity contribution in [3.8, 4) is 0 Å². The third-order valence-corrected chi connectivity index (χ3v) is 16.1. The fourth-order valence-electron chi connectivity index (χ4n) is 8.69. The van der Waals surface area contributed by atoms with E-state index in [0.29, 0.717) is 22.3 Å². The van der Waals surface area contributed by atoms with Crippen molar-refractivity contribution in [2.24, 2.45) is 0 Å². The van der Waals surface area contributed by atoms with Crippen molar-refractivity contribution in [2.75, 3.05) is 0 Å². The van der Waals surface area contributed by atoms with Crippen LogP contribution in [0.4, 0.5) is 0 Å². The zero-order valence-electron chi connectivity index (χ0n) is 43.0. The summed E-state index contributed by atoms with van der Waals surface area (Å²) >= 11 is 0. The van der Waals surface area contributed by atoms with Gasteiger partial charge < -0.3 is 37.8 Å². The zero-order valence-corrected chi connectivity index (χ0v) is 44.8. The highest BCUT2D eigenvalue weighted by molar-refractivity contribution is 7.54. The Kier molecular flexibility index (Phi) is 21.1. The van der Waals surface area contributed by atoms with Gasteiger partial charge in [0.25, 0.3) is 0 Å². The van der Waals surface area contributed by atoms with Gasteiger partial charge in [-0.25, -0.2) is 4.57 Å². The maximum Gasteiger partial charge on any atom is 0.477 e. The molecule has 15 heteroatoms. The number of hydrogen-bond acceptors (Lipinski definition) is 13. The van der Waals surface area contributed by atoms with E-state index in [0.717, 1.165) is 22.3 Å². The lowest BCUT2D eigenvalue weighted by Crippen LogP contribution is -2.65. The molecule has 8 aromatic rings. The van der Waals surface area contributed by atoms with Gasteiger partial charge in [-0.1, -0.05) is 243 Å². The fourth-order valence-corrected chi connectivity index (χ4v) is 11.6. The van der Waals surface area contributed by atoms with Gasteiger partial charge in [0.2, 0.25) is 0 Å². The van der Waals surface area contributed by atoms with Gasteiger partial charge in [0.05, 0.1) is 52.9 Å². The maximum atomic E-state index is 15.9. The van der Waals surface area contributed by atoms with Crippen molar-refractivity contribution >= 4 is 15.4 Å². The van der Waals surface area contributed by atoms with Crippen LogP contribution < -0.4 is 0 Å². The molecule has 404 valence electrons. The lowest BCUT2D eigenvalue weighted by Gasteiger charge is -2.48. The van der Waals surface area contributed by atoms with E-state index in [2.05, 4.69) is 0 Å². The molecule has 0 radical (unpaired) electrons. The minimum absolute atomic E-state index is 0.0144. The molecule has 1 heterocycles. The van der Waals surface area contributed by atoms with Gasteiger partial charge in [0, 0.05) is 0 Å². The van der Waals surface area contributed by atoms with E-state index in [9.17, 15) is 5.11 Å². The molecule has 0 aliphatic carbocycles. The summed E-state index contributed by atoms with van der Waals surface area (Å²) in [5.74, 6) is -2.07. The minimum atomic E-state index is -4.71. The summed E-state index contributed by atoms with van der Waals surface area (Å²) in [7, 11) is -9.42. The van der Waals surface area contributed by atoms with Gasteiger partial charge in [-0.3, -0.25) is 18.1 Å². The number of rotatable bonds is 29. The minimum Gasteiger partial charge on any atom is -0.378 e. The second-order valence-electron chi connectivity index (χ2n) is 18.6. The van der Waals surface area contributed by atoms with Crippen molar-refractivity contribution in [3.63, 3.8) is 0 Å². The monoisotopic (exact) mass is 1090 g/mol. The van der Waals surface area contributed by atoms with Crippen molar-refractivity contribution in [1.82, 2.24) is 0 Å². The van der Waals surface area contributed by atoms with E-state index < -0.39 is 58.1 Å². The highest BCUT2D eigenvalue weighted by Gasteiger charge is 2.57. The number of ether oxygens (including phenoxy) is 5. The molecule has 0 amide bonds. The fraction of sp³-hybridized carbons (Fsp3) is 0.238. The van der Waals surface area contributed by atoms with Gasteiger partial charge >= 0.3 is 15.4 Å². The Morgan fingerprint density at radius 1 is 0.359 bits per heavy atom. The third-order valence-electron chi connectivity index (χ3n) is 12.8. The average Bonchev–Trinajstić information content (AvgIpc) is 3.59. The summed E-state index contributed by atoms with van der Waals surface area (Å²) in [5.41, 5.74) is 5.89. The van der Waals surface area contributed by atoms with E-state index in [1.807, 2.05) is 243 Å². The highest BCUT2D eigenvalue weighted by Crippen LogP contribution is 2.58. The standard InChI is InChI=1S/C63H64O13P2/c64-62(77(65,71-45-53-33-17-5-18-34-53)72-46-54-35-19-6-20-36-54)60(69-43-51-29-13-3-14-30-51)59-57(67-41-49-25-9-1-10-26-49)58(68-42-50-27-11-2-12-28-50)61(70-44-52-31-15-4-16-32-52)63(75-59)76-78(66,73-47-55-37-21-7-22-38-55)74-48-56-39-23-8-24-40-56/h1-40,57-64H,41-48H2/t57-,58?,59?,60-,61?,62+,63-/m0/s1. The summed E-state index contributed by atoms with van der Waals surface area (Å²) in [5, 5.41) is 13.2. The largest absolute Gasteiger partial charge is 0.477 e. The topological polar surface area (TPSA) is 147 Å². The summed E-state index contributed by atoms with van der Waals surface area (Å²) in [6.45, 7) is -0.777. The normalized spacial score (nSPS) is 18.5. The Morgan fingerprint density at radius 2 is 0.641 bits per heavy atom. The first-order valence-electron chi connectivity index (χ1n) is 25.9. The Labute approximate surface area is 456 Å². The molecule has 78 heavy (non-hydrogen) atoms. The maximum absolute atomic E-state index is 15.9. The molecule has 0 aromatic heterocycles. The lowest BCUT2D eigenvalue weighted by atomic mass is 9.94. The van der Waals surface area contributed by atoms with Crippen molar-refractivity contribution in [2.45, 2.75) is 95.5 Å². The van der Waals surface area contributed by atoms with Crippen LogP contribution in [-0.2, 0) is 108 Å². The quantitative estimate of drug-likeness (QED) is 0.0444. The summed E-state index contributed by atoms with van der Waals surface area (Å²) in [6.07, 6.45) is -8.46. The first-order chi connectivity index (χ1) is 38.3. The molecular weight excluding hydrogens is 1030 g/mol. The van der Waals surface area contributed by atoms with Crippen molar-refractivity contribution < 1.29 is 60.5 Å². The molecule has 13 nitrogen and oxygen atoms in total. The van der Waals surface area contributed by atoms with Crippen LogP contribution in [0.1, 0.15) is 44.5 Å². The zero-order chi connectivity index (χ0) is 53.7. The van der Waals surface area contributed by atoms with Gasteiger partial charge in [-0.05, 0) is 44.5 Å². The predicted molar refractivity (Wildman–Crippen MR) is 296 cm³/mol. The number of benzene rings is 8. The number of phosphoric ester groups is 1. The first kappa shape index (κ1) is 56.5. The molecule has 1 saturated heterocycles. The van der Waals surface area contributed by atoms with Crippen LogP contribution in [0.15, 0.2) is 243 Å². The predicted octanol–water partition coefficient (Wildman–Crippen LogP) is 13.6. The van der Waals surface area contributed by atoms with Crippen LogP contribution in [0, 0.1) is 0 Å². The number of phosphoric acid groups is 1. The van der Waals surface area contributed by atoms with Crippen LogP contribution in [0.3, 0.4) is 0 Å². The molecular formula is C63H64O13P2. The Bertz CT molecular complexity index is 2950. The van der Waals surface area contributed by atoms with Crippen LogP contribution in [0.2, 0.25) is 0 Å². The van der Waals surface area contributed by atoms with Gasteiger partial charge in [-0.2, -0.15) is 0 Å². The molecule has 1 N–H and O–H groups in total. The van der Waals surface area contributed by atoms with Gasteiger partial charge in [-0.15, -0.1) is 0 Å². The molecule has 7 atom stereocenters. The molecule has 1 aliphatic rings. The van der Waals surface area contributed by atoms with Crippen molar-refractivity contribution in [3.05, 3.63) is 287 Å². The lowest BCUT2D eigenvalue weighted by molar-refractivity contribution is -0.326. The van der Waals surface area contributed by atoms with Crippen molar-refractivity contribution in [1.29, 1.82) is 0 Å². The van der Waals surface area contributed by atoms with E-state index in [4.69, 9.17) is 46.3 Å². The summed E-state index contributed by atoms with van der Waals surface area (Å²) < 4.78 is 98.3. The highest BCUT2D eigenvalue weighted by atomic mass is 31.2. The molecule has 9 rings (SSSR count). The number of aliphatic hydroxyl groups excluding tert-OH is 1. The number of hydrogen-bond donors (Lipinski definition) is 1. The molecule has 1 fully saturated rings. The van der Waals surface area contributed by atoms with Crippen LogP contribution in [0.25, 0.3) is 0 Å². The van der Waals surface area contributed by atoms with E-state index in [1.165, 1.54) is 0 Å². The van der Waals surface area contributed by atoms with Crippen LogP contribution in [-0.4, -0.2) is 47.8 Å². The Hall–Kier alpha value is -6.22. The smallest absolute Gasteiger partial charge is 0.378 e. The van der Waals surface area contributed by atoms with E-state index >= 15 is 9.13 Å². The third kappa shape index (κ3) is 16.7. The number of aliphatic hydroxyl groups is 1. The second-order valence-corrected chi connectivity index (χ2v) is 22.3. The van der Waals surface area contributed by atoms with Crippen LogP contribution >= 0.6 is 15.4 Å². The van der Waals surface area contributed by atoms with E-state index in [1.54, 1.807) is 0 Å². The molecule has 1 aliphatic heterocycles. The van der Waals surface area contributed by atoms with E-state index in [-0.39, 0.29) is 52.9 Å². The summed E-state index contributed by atoms with van der Waals surface area (Å²) in [6, 6.07) is 74.7. The first-order valence-corrected chi connectivity index (χ1v) is 28.9. The molecule has 8 aromatic carbocycles. The summed E-state index contributed by atoms with van der Waals surface area (Å²) in [4.78, 5) is 0. The molecule has 0 saturated carbocycles. The Balaban J connectivity index is 1.18. The Morgan fingerprint density at radius 3 is 0.987 bits per heavy atom.